The second kappa shape index (κ2) is 14.4. The van der Waals surface area contributed by atoms with Gasteiger partial charge in [0.05, 0.1) is 34.6 Å². The average molecular weight is 744 g/mol. The van der Waals surface area contributed by atoms with Crippen molar-refractivity contribution in [1.82, 2.24) is 43.7 Å². The summed E-state index contributed by atoms with van der Waals surface area (Å²) >= 11 is 0. The highest BCUT2D eigenvalue weighted by Crippen LogP contribution is 2.36. The number of aromatic nitrogens is 7. The lowest BCUT2D eigenvalue weighted by atomic mass is 9.85. The molecular formula is C37H43F2N11O4. The SMILES string of the molecule is CN(CC1CCC(n2cc(NC(=O)c3cnc4cccnn34)c(C(F)F)n2)CC1)C1CCN(c2cccc3c2n(C)c(=O)n3C2CCC(=O)NC2=O)CC1. The van der Waals surface area contributed by atoms with Gasteiger partial charge in [0.15, 0.2) is 17.0 Å². The van der Waals surface area contributed by atoms with Crippen LogP contribution in [0.2, 0.25) is 0 Å². The molecule has 3 aliphatic rings. The molecule has 1 aliphatic carbocycles. The lowest BCUT2D eigenvalue weighted by molar-refractivity contribution is -0.135. The van der Waals surface area contributed by atoms with Gasteiger partial charge in [-0.05, 0) is 82.2 Å². The maximum Gasteiger partial charge on any atom is 0.329 e. The normalized spacial score (nSPS) is 21.4. The van der Waals surface area contributed by atoms with Crippen LogP contribution in [0.5, 0.6) is 0 Å². The Hall–Kier alpha value is -5.45. The summed E-state index contributed by atoms with van der Waals surface area (Å²) in [6.45, 7) is 2.57. The van der Waals surface area contributed by atoms with Gasteiger partial charge in [0.1, 0.15) is 6.04 Å². The van der Waals surface area contributed by atoms with Gasteiger partial charge in [0, 0.05) is 51.5 Å². The third-order valence-electron chi connectivity index (χ3n) is 11.5. The molecule has 0 spiro atoms. The predicted octanol–water partition coefficient (Wildman–Crippen LogP) is 4.08. The fraction of sp³-hybridized carbons (Fsp3) is 0.486. The van der Waals surface area contributed by atoms with E-state index in [9.17, 15) is 28.0 Å². The zero-order valence-corrected chi connectivity index (χ0v) is 30.2. The molecule has 284 valence electrons. The second-order valence-electron chi connectivity index (χ2n) is 14.8. The third kappa shape index (κ3) is 6.54. The maximum absolute atomic E-state index is 14.1. The quantitative estimate of drug-likeness (QED) is 0.213. The lowest BCUT2D eigenvalue weighted by Gasteiger charge is -2.40. The van der Waals surface area contributed by atoms with Crippen LogP contribution in [-0.2, 0) is 16.6 Å². The number of aryl methyl sites for hydroxylation is 1. The van der Waals surface area contributed by atoms with Crippen LogP contribution in [0.4, 0.5) is 20.2 Å². The van der Waals surface area contributed by atoms with Crippen molar-refractivity contribution in [2.45, 2.75) is 75.9 Å². The van der Waals surface area contributed by atoms with Crippen molar-refractivity contribution in [3.05, 3.63) is 70.8 Å². The molecule has 4 aromatic heterocycles. The number of imidazole rings is 2. The fourth-order valence-corrected chi connectivity index (χ4v) is 8.62. The number of benzene rings is 1. The number of imide groups is 1. The summed E-state index contributed by atoms with van der Waals surface area (Å²) < 4.78 is 34.2. The number of carbonyl (C=O) groups excluding carboxylic acids is 3. The van der Waals surface area contributed by atoms with E-state index < -0.39 is 30.0 Å². The number of nitrogens with one attached hydrogen (secondary N) is 2. The largest absolute Gasteiger partial charge is 0.370 e. The van der Waals surface area contributed by atoms with E-state index in [0.29, 0.717) is 29.5 Å². The first-order valence-corrected chi connectivity index (χ1v) is 18.5. The van der Waals surface area contributed by atoms with Crippen LogP contribution < -0.4 is 21.2 Å². The van der Waals surface area contributed by atoms with Crippen molar-refractivity contribution in [1.29, 1.82) is 0 Å². The molecule has 1 atom stereocenters. The lowest BCUT2D eigenvalue weighted by Crippen LogP contribution is -2.45. The Kier molecular flexibility index (Phi) is 9.49. The number of fused-ring (bicyclic) bond motifs is 2. The maximum atomic E-state index is 14.1. The Morgan fingerprint density at radius 3 is 2.56 bits per heavy atom. The third-order valence-corrected chi connectivity index (χ3v) is 11.5. The predicted molar refractivity (Wildman–Crippen MR) is 196 cm³/mol. The van der Waals surface area contributed by atoms with Crippen molar-refractivity contribution in [3.63, 3.8) is 0 Å². The molecule has 2 aliphatic heterocycles. The topological polar surface area (TPSA) is 157 Å². The molecule has 17 heteroatoms. The molecule has 8 rings (SSSR count). The molecule has 0 radical (unpaired) electrons. The van der Waals surface area contributed by atoms with Gasteiger partial charge in [0.2, 0.25) is 11.8 Å². The smallest absolute Gasteiger partial charge is 0.329 e. The highest BCUT2D eigenvalue weighted by molar-refractivity contribution is 6.03. The molecule has 3 fully saturated rings. The van der Waals surface area contributed by atoms with Crippen molar-refractivity contribution >= 4 is 45.8 Å². The number of hydrogen-bond acceptors (Lipinski definition) is 9. The van der Waals surface area contributed by atoms with E-state index in [0.717, 1.165) is 69.4 Å². The molecule has 0 bridgehead atoms. The number of rotatable bonds is 9. The van der Waals surface area contributed by atoms with Crippen molar-refractivity contribution in [2.24, 2.45) is 13.0 Å². The number of alkyl halides is 2. The standard InChI is InChI=1S/C37H43F2N11O4/c1-45(23-14-17-47(18-15-23)26-5-3-6-27-33(26)46(2)37(54)49(27)28-12-13-31(51)43-35(28)52)20-22-8-10-24(11-9-22)48-21-25(32(44-48)34(38)39)42-36(53)29-19-40-30-7-4-16-41-50(29)30/h3-7,16,19,21-24,28,34H,8-15,17-18,20H2,1-2H3,(H,42,53)(H,43,51,52). The summed E-state index contributed by atoms with van der Waals surface area (Å²) in [7, 11) is 3.91. The van der Waals surface area contributed by atoms with Crippen LogP contribution in [0.3, 0.4) is 0 Å². The Morgan fingerprint density at radius 1 is 1.04 bits per heavy atom. The summed E-state index contributed by atoms with van der Waals surface area (Å²) in [5, 5.41) is 13.3. The number of anilines is 2. The zero-order chi connectivity index (χ0) is 37.7. The van der Waals surface area contributed by atoms with Crippen molar-refractivity contribution in [3.8, 4) is 0 Å². The molecule has 3 amide bonds. The van der Waals surface area contributed by atoms with Gasteiger partial charge in [-0.15, -0.1) is 0 Å². The average Bonchev–Trinajstić information content (AvgIpc) is 3.87. The summed E-state index contributed by atoms with van der Waals surface area (Å²) in [5.74, 6) is -0.888. The van der Waals surface area contributed by atoms with E-state index >= 15 is 0 Å². The van der Waals surface area contributed by atoms with Gasteiger partial charge < -0.3 is 15.1 Å². The van der Waals surface area contributed by atoms with Crippen LogP contribution in [0.15, 0.2) is 53.7 Å². The molecule has 1 aromatic carbocycles. The summed E-state index contributed by atoms with van der Waals surface area (Å²) in [6, 6.07) is 8.83. The Balaban J connectivity index is 0.868. The highest BCUT2D eigenvalue weighted by Gasteiger charge is 2.34. The molecule has 15 nitrogen and oxygen atoms in total. The molecule has 1 unspecified atom stereocenters. The Bertz CT molecular complexity index is 2280. The van der Waals surface area contributed by atoms with E-state index in [4.69, 9.17) is 0 Å². The van der Waals surface area contributed by atoms with E-state index in [1.165, 1.54) is 27.7 Å². The van der Waals surface area contributed by atoms with Crippen molar-refractivity contribution in [2.75, 3.05) is 36.9 Å². The summed E-state index contributed by atoms with van der Waals surface area (Å²) in [6.07, 6.45) is 7.41. The molecule has 2 N–H and O–H groups in total. The molecule has 54 heavy (non-hydrogen) atoms. The monoisotopic (exact) mass is 743 g/mol. The molecule has 2 saturated heterocycles. The van der Waals surface area contributed by atoms with Crippen LogP contribution in [0.25, 0.3) is 16.7 Å². The number of para-hydroxylation sites is 1. The highest BCUT2D eigenvalue weighted by atomic mass is 19.3. The van der Waals surface area contributed by atoms with Gasteiger partial charge in [-0.1, -0.05) is 6.07 Å². The minimum absolute atomic E-state index is 0.0144. The molecule has 6 heterocycles. The van der Waals surface area contributed by atoms with Crippen LogP contribution in [-0.4, -0.2) is 88.9 Å². The second-order valence-corrected chi connectivity index (χ2v) is 14.8. The number of nitrogens with zero attached hydrogens (tertiary/aromatic N) is 9. The van der Waals surface area contributed by atoms with Gasteiger partial charge >= 0.3 is 5.69 Å². The van der Waals surface area contributed by atoms with Crippen LogP contribution >= 0.6 is 0 Å². The van der Waals surface area contributed by atoms with E-state index in [-0.39, 0.29) is 35.4 Å². The van der Waals surface area contributed by atoms with Gasteiger partial charge in [-0.25, -0.2) is 23.1 Å². The molecule has 1 saturated carbocycles. The molecular weight excluding hydrogens is 700 g/mol. The summed E-state index contributed by atoms with van der Waals surface area (Å²) in [5.41, 5.74) is 2.30. The number of amides is 3. The van der Waals surface area contributed by atoms with Gasteiger partial charge in [-0.3, -0.25) is 33.5 Å². The Morgan fingerprint density at radius 2 is 1.81 bits per heavy atom. The molecule has 5 aromatic rings. The number of piperidine rings is 2. The van der Waals surface area contributed by atoms with Crippen LogP contribution in [0, 0.1) is 5.92 Å². The first kappa shape index (κ1) is 35.6. The van der Waals surface area contributed by atoms with E-state index in [2.05, 4.69) is 42.7 Å². The number of halogens is 2. The first-order valence-electron chi connectivity index (χ1n) is 18.5. The first-order chi connectivity index (χ1) is 26.1. The number of hydrogen-bond donors (Lipinski definition) is 2. The van der Waals surface area contributed by atoms with Gasteiger partial charge in [0.25, 0.3) is 12.3 Å². The van der Waals surface area contributed by atoms with E-state index in [1.807, 2.05) is 18.2 Å². The fourth-order valence-electron chi connectivity index (χ4n) is 8.62. The van der Waals surface area contributed by atoms with Gasteiger partial charge in [-0.2, -0.15) is 10.2 Å². The zero-order valence-electron chi connectivity index (χ0n) is 30.2. The minimum atomic E-state index is -2.85. The summed E-state index contributed by atoms with van der Waals surface area (Å²) in [4.78, 5) is 59.8. The minimum Gasteiger partial charge on any atom is -0.370 e. The van der Waals surface area contributed by atoms with Crippen molar-refractivity contribution < 1.29 is 23.2 Å². The van der Waals surface area contributed by atoms with E-state index in [1.54, 1.807) is 28.4 Å². The number of carbonyl (C=O) groups is 3. The Labute approximate surface area is 308 Å². The van der Waals surface area contributed by atoms with Crippen LogP contribution in [0.1, 0.15) is 86.1 Å².